The number of carbonyl (C=O) groups is 1. The summed E-state index contributed by atoms with van der Waals surface area (Å²) in [5.41, 5.74) is 0. The third-order valence-corrected chi connectivity index (χ3v) is 3.25. The number of hydrogen-bond acceptors (Lipinski definition) is 2. The summed E-state index contributed by atoms with van der Waals surface area (Å²) in [6.45, 7) is 6.03. The van der Waals surface area contributed by atoms with E-state index >= 15 is 0 Å². The maximum atomic E-state index is 11.3. The second-order valence-corrected chi connectivity index (χ2v) is 4.44. The first-order chi connectivity index (χ1) is 6.56. The van der Waals surface area contributed by atoms with E-state index < -0.39 is 0 Å². The monoisotopic (exact) mass is 218 g/mol. The van der Waals surface area contributed by atoms with Gasteiger partial charge in [0.1, 0.15) is 5.88 Å². The molecule has 14 heavy (non-hydrogen) atoms. The average Bonchev–Trinajstić information content (AvgIpc) is 2.64. The van der Waals surface area contributed by atoms with Gasteiger partial charge in [-0.2, -0.15) is 0 Å². The van der Waals surface area contributed by atoms with Crippen LogP contribution in [0.3, 0.4) is 0 Å². The van der Waals surface area contributed by atoms with Crippen LogP contribution in [0.4, 0.5) is 0 Å². The molecule has 1 heterocycles. The molecule has 0 bridgehead atoms. The molecule has 1 atom stereocenters. The summed E-state index contributed by atoms with van der Waals surface area (Å²) in [7, 11) is 2.12. The van der Waals surface area contributed by atoms with Crippen LogP contribution in [-0.4, -0.2) is 53.8 Å². The maximum Gasteiger partial charge on any atom is 0.237 e. The van der Waals surface area contributed by atoms with Crippen LogP contribution in [-0.2, 0) is 4.79 Å². The van der Waals surface area contributed by atoms with Crippen LogP contribution in [0.25, 0.3) is 0 Å². The Balaban J connectivity index is 2.45. The summed E-state index contributed by atoms with van der Waals surface area (Å²) in [5.74, 6) is 0.171. The highest BCUT2D eigenvalue weighted by Crippen LogP contribution is 2.16. The zero-order valence-electron chi connectivity index (χ0n) is 9.16. The first-order valence-electron chi connectivity index (χ1n) is 5.12. The summed E-state index contributed by atoms with van der Waals surface area (Å²) < 4.78 is 0. The highest BCUT2D eigenvalue weighted by molar-refractivity contribution is 6.27. The molecule has 0 N–H and O–H groups in total. The SMILES string of the molecule is CC(C)N(C)[C@H]1CCN(C(=O)CCl)C1. The fourth-order valence-electron chi connectivity index (χ4n) is 1.81. The van der Waals surface area contributed by atoms with Gasteiger partial charge in [-0.1, -0.05) is 0 Å². The van der Waals surface area contributed by atoms with Crippen LogP contribution < -0.4 is 0 Å². The number of alkyl halides is 1. The molecule has 1 saturated heterocycles. The Kier molecular flexibility index (Phi) is 4.20. The molecule has 3 nitrogen and oxygen atoms in total. The molecular formula is C10H19ClN2O. The van der Waals surface area contributed by atoms with Gasteiger partial charge in [-0.25, -0.2) is 0 Å². The van der Waals surface area contributed by atoms with Gasteiger partial charge >= 0.3 is 0 Å². The van der Waals surface area contributed by atoms with E-state index in [0.29, 0.717) is 12.1 Å². The van der Waals surface area contributed by atoms with E-state index in [9.17, 15) is 4.79 Å². The maximum absolute atomic E-state index is 11.3. The van der Waals surface area contributed by atoms with Gasteiger partial charge in [0.25, 0.3) is 0 Å². The minimum absolute atomic E-state index is 0.0614. The highest BCUT2D eigenvalue weighted by atomic mass is 35.5. The van der Waals surface area contributed by atoms with Crippen molar-refractivity contribution in [3.8, 4) is 0 Å². The van der Waals surface area contributed by atoms with Gasteiger partial charge in [0, 0.05) is 25.2 Å². The molecule has 4 heteroatoms. The second kappa shape index (κ2) is 4.99. The topological polar surface area (TPSA) is 23.6 Å². The molecule has 0 aliphatic carbocycles. The molecule has 1 aliphatic heterocycles. The van der Waals surface area contributed by atoms with E-state index in [2.05, 4.69) is 25.8 Å². The van der Waals surface area contributed by atoms with Crippen LogP contribution in [0.5, 0.6) is 0 Å². The van der Waals surface area contributed by atoms with E-state index in [4.69, 9.17) is 11.6 Å². The Morgan fingerprint density at radius 3 is 2.79 bits per heavy atom. The lowest BCUT2D eigenvalue weighted by molar-refractivity contribution is -0.127. The number of halogens is 1. The highest BCUT2D eigenvalue weighted by Gasteiger charge is 2.28. The standard InChI is InChI=1S/C10H19ClN2O/c1-8(2)12(3)9-4-5-13(7-9)10(14)6-11/h8-9H,4-7H2,1-3H3/t9-/m0/s1. The minimum atomic E-state index is 0.0614. The van der Waals surface area contributed by atoms with Crippen molar-refractivity contribution in [2.75, 3.05) is 26.0 Å². The summed E-state index contributed by atoms with van der Waals surface area (Å²) in [5, 5.41) is 0. The lowest BCUT2D eigenvalue weighted by Gasteiger charge is -2.28. The van der Waals surface area contributed by atoms with Crippen LogP contribution in [0.2, 0.25) is 0 Å². The van der Waals surface area contributed by atoms with Gasteiger partial charge in [0.15, 0.2) is 0 Å². The Hall–Kier alpha value is -0.280. The Labute approximate surface area is 91.0 Å². The van der Waals surface area contributed by atoms with Crippen molar-refractivity contribution in [2.24, 2.45) is 0 Å². The molecular weight excluding hydrogens is 200 g/mol. The van der Waals surface area contributed by atoms with Gasteiger partial charge < -0.3 is 4.90 Å². The van der Waals surface area contributed by atoms with Gasteiger partial charge in [0.05, 0.1) is 0 Å². The predicted molar refractivity (Wildman–Crippen MR) is 58.6 cm³/mol. The molecule has 1 fully saturated rings. The average molecular weight is 219 g/mol. The van der Waals surface area contributed by atoms with Gasteiger partial charge in [-0.05, 0) is 27.3 Å². The first kappa shape index (κ1) is 11.8. The fourth-order valence-corrected chi connectivity index (χ4v) is 1.98. The van der Waals surface area contributed by atoms with Gasteiger partial charge in [-0.3, -0.25) is 9.69 Å². The smallest absolute Gasteiger partial charge is 0.237 e. The number of carbonyl (C=O) groups excluding carboxylic acids is 1. The van der Waals surface area contributed by atoms with Crippen molar-refractivity contribution in [1.82, 2.24) is 9.80 Å². The van der Waals surface area contributed by atoms with Gasteiger partial charge in [0.2, 0.25) is 5.91 Å². The molecule has 0 unspecified atom stereocenters. The van der Waals surface area contributed by atoms with Crippen LogP contribution in [0.1, 0.15) is 20.3 Å². The molecule has 0 aromatic rings. The zero-order valence-corrected chi connectivity index (χ0v) is 9.92. The number of hydrogen-bond donors (Lipinski definition) is 0. The number of rotatable bonds is 3. The Morgan fingerprint density at radius 2 is 2.29 bits per heavy atom. The largest absolute Gasteiger partial charge is 0.340 e. The molecule has 0 aromatic carbocycles. The zero-order chi connectivity index (χ0) is 10.7. The van der Waals surface area contributed by atoms with Crippen LogP contribution in [0, 0.1) is 0 Å². The van der Waals surface area contributed by atoms with Crippen molar-refractivity contribution in [3.05, 3.63) is 0 Å². The summed E-state index contributed by atoms with van der Waals surface area (Å²) in [6.07, 6.45) is 1.07. The van der Waals surface area contributed by atoms with Crippen LogP contribution in [0.15, 0.2) is 0 Å². The second-order valence-electron chi connectivity index (χ2n) is 4.18. The number of likely N-dealkylation sites (tertiary alicyclic amines) is 1. The third-order valence-electron chi connectivity index (χ3n) is 3.02. The van der Waals surface area contributed by atoms with Crippen LogP contribution >= 0.6 is 11.6 Å². The predicted octanol–water partition coefficient (Wildman–Crippen LogP) is 1.17. The molecule has 1 rings (SSSR count). The first-order valence-corrected chi connectivity index (χ1v) is 5.65. The van der Waals surface area contributed by atoms with Crippen molar-refractivity contribution in [3.63, 3.8) is 0 Å². The molecule has 1 aliphatic rings. The minimum Gasteiger partial charge on any atom is -0.340 e. The summed E-state index contributed by atoms with van der Waals surface area (Å²) >= 11 is 5.52. The lowest BCUT2D eigenvalue weighted by Crippen LogP contribution is -2.40. The van der Waals surface area contributed by atoms with Crippen molar-refractivity contribution in [2.45, 2.75) is 32.4 Å². The molecule has 1 amide bonds. The van der Waals surface area contributed by atoms with Crippen molar-refractivity contribution < 1.29 is 4.79 Å². The normalized spacial score (nSPS) is 22.4. The van der Waals surface area contributed by atoms with E-state index in [1.54, 1.807) is 0 Å². The van der Waals surface area contributed by atoms with E-state index in [0.717, 1.165) is 19.5 Å². The molecule has 0 aromatic heterocycles. The molecule has 0 radical (unpaired) electrons. The number of amides is 1. The van der Waals surface area contributed by atoms with E-state index in [1.807, 2.05) is 4.90 Å². The quantitative estimate of drug-likeness (QED) is 0.664. The molecule has 0 spiro atoms. The number of likely N-dealkylation sites (N-methyl/N-ethyl adjacent to an activating group) is 1. The number of nitrogens with zero attached hydrogens (tertiary/aromatic N) is 2. The Bertz CT molecular complexity index is 208. The molecule has 82 valence electrons. The van der Waals surface area contributed by atoms with Crippen molar-refractivity contribution >= 4 is 17.5 Å². The lowest BCUT2D eigenvalue weighted by atomic mass is 10.2. The summed E-state index contributed by atoms with van der Waals surface area (Å²) in [4.78, 5) is 15.5. The Morgan fingerprint density at radius 1 is 1.64 bits per heavy atom. The van der Waals surface area contributed by atoms with Crippen molar-refractivity contribution in [1.29, 1.82) is 0 Å². The summed E-state index contributed by atoms with van der Waals surface area (Å²) in [6, 6.07) is 1.04. The van der Waals surface area contributed by atoms with E-state index in [1.165, 1.54) is 0 Å². The van der Waals surface area contributed by atoms with Gasteiger partial charge in [-0.15, -0.1) is 11.6 Å². The van der Waals surface area contributed by atoms with E-state index in [-0.39, 0.29) is 11.8 Å². The third kappa shape index (κ3) is 2.61. The molecule has 0 saturated carbocycles. The fraction of sp³-hybridized carbons (Fsp3) is 0.900.